The van der Waals surface area contributed by atoms with Gasteiger partial charge in [0.05, 0.1) is 54.5 Å². The van der Waals surface area contributed by atoms with Crippen LogP contribution in [0, 0.1) is 0 Å². The molecule has 0 saturated carbocycles. The lowest BCUT2D eigenvalue weighted by molar-refractivity contribution is 0.0208. The van der Waals surface area contributed by atoms with Gasteiger partial charge in [0.25, 0.3) is 0 Å². The SMILES string of the molecule is CC(C)(C)OC(=O)N1CC2CCC(C1)N2c1ncc(Nc2ccc(-c3cc4c(N5CCOCC5)ncnc4n3COCC[Si](C)(C)C)cc2)cn1. The van der Waals surface area contributed by atoms with Gasteiger partial charge in [-0.1, -0.05) is 31.8 Å². The second-order valence-electron chi connectivity index (χ2n) is 16.0. The Kier molecular flexibility index (Phi) is 9.92. The molecule has 3 saturated heterocycles. The van der Waals surface area contributed by atoms with Crippen LogP contribution in [0.3, 0.4) is 0 Å². The van der Waals surface area contributed by atoms with Gasteiger partial charge in [0.2, 0.25) is 5.95 Å². The summed E-state index contributed by atoms with van der Waals surface area (Å²) in [6.45, 7) is 18.2. The number of nitrogens with one attached hydrogen (secondary N) is 1. The van der Waals surface area contributed by atoms with E-state index >= 15 is 0 Å². The summed E-state index contributed by atoms with van der Waals surface area (Å²) >= 11 is 0. The number of aromatic nitrogens is 5. The molecular formula is C37H51N9O4Si. The Morgan fingerprint density at radius 1 is 0.961 bits per heavy atom. The monoisotopic (exact) mass is 713 g/mol. The van der Waals surface area contributed by atoms with Crippen LogP contribution >= 0.6 is 0 Å². The van der Waals surface area contributed by atoms with Gasteiger partial charge in [-0.15, -0.1) is 0 Å². The maximum absolute atomic E-state index is 12.7. The van der Waals surface area contributed by atoms with E-state index in [2.05, 4.69) is 69.7 Å². The lowest BCUT2D eigenvalue weighted by Crippen LogP contribution is -2.56. The van der Waals surface area contributed by atoms with Crippen molar-refractivity contribution in [2.75, 3.05) is 61.1 Å². The molecule has 0 aliphatic carbocycles. The predicted octanol–water partition coefficient (Wildman–Crippen LogP) is 6.37. The standard InChI is InChI=1S/C37H51N9O4Si/c1-37(2,3)50-36(47)44-22-29-11-12-30(23-44)46(29)35-38-20-28(21-39-35)42-27-9-7-26(8-10-27)32-19-31-33(43-13-15-48-16-14-43)40-24-41-34(31)45(32)25-49-17-18-51(4,5)6/h7-10,19-21,24,29-30,42H,11-18,22-23,25H2,1-6H3. The number of ether oxygens (including phenoxy) is 3. The van der Waals surface area contributed by atoms with Crippen molar-refractivity contribution in [3.05, 3.63) is 49.1 Å². The second kappa shape index (κ2) is 14.4. The largest absolute Gasteiger partial charge is 0.444 e. The highest BCUT2D eigenvalue weighted by atomic mass is 28.3. The van der Waals surface area contributed by atoms with E-state index < -0.39 is 13.7 Å². The third-order valence-corrected chi connectivity index (χ3v) is 11.4. The Hall–Kier alpha value is -4.27. The fourth-order valence-corrected chi connectivity index (χ4v) is 7.85. The van der Waals surface area contributed by atoms with Crippen LogP contribution in [0.5, 0.6) is 0 Å². The Bertz CT molecular complexity index is 1800. The first kappa shape index (κ1) is 35.1. The van der Waals surface area contributed by atoms with Crippen LogP contribution in [-0.4, -0.2) is 107 Å². The van der Waals surface area contributed by atoms with Crippen molar-refractivity contribution in [1.82, 2.24) is 29.4 Å². The highest BCUT2D eigenvalue weighted by Crippen LogP contribution is 2.35. The van der Waals surface area contributed by atoms with E-state index in [0.29, 0.717) is 39.0 Å². The number of benzene rings is 1. The number of morpholine rings is 1. The molecule has 6 heterocycles. The van der Waals surface area contributed by atoms with Crippen LogP contribution < -0.4 is 15.1 Å². The fraction of sp³-hybridized carbons (Fsp3) is 0.541. The first-order valence-electron chi connectivity index (χ1n) is 18.1. The zero-order valence-corrected chi connectivity index (χ0v) is 31.8. The number of nitrogens with zero attached hydrogens (tertiary/aromatic N) is 8. The van der Waals surface area contributed by atoms with E-state index in [1.54, 1.807) is 6.33 Å². The summed E-state index contributed by atoms with van der Waals surface area (Å²) in [7, 11) is -1.22. The molecule has 4 aromatic rings. The first-order valence-corrected chi connectivity index (χ1v) is 21.8. The van der Waals surface area contributed by atoms with Gasteiger partial charge in [-0.25, -0.2) is 24.7 Å². The van der Waals surface area contributed by atoms with Crippen molar-refractivity contribution in [2.24, 2.45) is 0 Å². The van der Waals surface area contributed by atoms with Gasteiger partial charge in [-0.2, -0.15) is 0 Å². The Morgan fingerprint density at radius 3 is 2.29 bits per heavy atom. The number of piperazine rings is 1. The highest BCUT2D eigenvalue weighted by Gasteiger charge is 2.43. The van der Waals surface area contributed by atoms with Gasteiger partial charge in [-0.05, 0) is 63.4 Å². The van der Waals surface area contributed by atoms with Crippen LogP contribution in [0.25, 0.3) is 22.3 Å². The van der Waals surface area contributed by atoms with E-state index in [1.807, 2.05) is 38.1 Å². The summed E-state index contributed by atoms with van der Waals surface area (Å²) in [6, 6.07) is 12.0. The van der Waals surface area contributed by atoms with Crippen molar-refractivity contribution in [3.8, 4) is 11.3 Å². The van der Waals surface area contributed by atoms with Gasteiger partial charge < -0.3 is 38.8 Å². The van der Waals surface area contributed by atoms with Gasteiger partial charge in [0.1, 0.15) is 30.1 Å². The van der Waals surface area contributed by atoms with E-state index in [1.165, 1.54) is 0 Å². The van der Waals surface area contributed by atoms with Gasteiger partial charge in [0.15, 0.2) is 0 Å². The number of hydrogen-bond donors (Lipinski definition) is 1. The molecule has 3 fully saturated rings. The van der Waals surface area contributed by atoms with Crippen LogP contribution in [0.1, 0.15) is 33.6 Å². The van der Waals surface area contributed by atoms with Crippen molar-refractivity contribution in [3.63, 3.8) is 0 Å². The molecule has 51 heavy (non-hydrogen) atoms. The van der Waals surface area contributed by atoms with Crippen LogP contribution in [0.4, 0.5) is 27.9 Å². The second-order valence-corrected chi connectivity index (χ2v) is 21.6. The summed E-state index contributed by atoms with van der Waals surface area (Å²) < 4.78 is 19.7. The minimum absolute atomic E-state index is 0.180. The average Bonchev–Trinajstić information content (AvgIpc) is 3.59. The topological polar surface area (TPSA) is 123 Å². The normalized spacial score (nSPS) is 19.5. The number of likely N-dealkylation sites (tertiary alicyclic amines) is 1. The average molecular weight is 714 g/mol. The molecule has 2 bridgehead atoms. The fourth-order valence-electron chi connectivity index (χ4n) is 7.10. The van der Waals surface area contributed by atoms with E-state index in [0.717, 1.165) is 78.1 Å². The molecule has 7 rings (SSSR count). The molecule has 1 amide bonds. The van der Waals surface area contributed by atoms with E-state index in [9.17, 15) is 4.79 Å². The molecular weight excluding hydrogens is 663 g/mol. The van der Waals surface area contributed by atoms with Gasteiger partial charge in [-0.3, -0.25) is 0 Å². The molecule has 1 aromatic carbocycles. The molecule has 0 radical (unpaired) electrons. The number of anilines is 4. The molecule has 0 spiro atoms. The molecule has 2 atom stereocenters. The minimum atomic E-state index is -1.22. The summed E-state index contributed by atoms with van der Waals surface area (Å²) in [5.41, 5.74) is 4.20. The van der Waals surface area contributed by atoms with Crippen LogP contribution in [0.15, 0.2) is 49.1 Å². The maximum Gasteiger partial charge on any atom is 0.410 e. The number of rotatable bonds is 10. The van der Waals surface area contributed by atoms with Crippen molar-refractivity contribution >= 4 is 48.3 Å². The number of fused-ring (bicyclic) bond motifs is 3. The lowest BCUT2D eigenvalue weighted by Gasteiger charge is -2.41. The molecule has 2 unspecified atom stereocenters. The van der Waals surface area contributed by atoms with Gasteiger partial charge >= 0.3 is 6.09 Å². The number of hydrogen-bond acceptors (Lipinski definition) is 11. The molecule has 1 N–H and O–H groups in total. The molecule has 272 valence electrons. The van der Waals surface area contributed by atoms with Crippen molar-refractivity contribution < 1.29 is 19.0 Å². The lowest BCUT2D eigenvalue weighted by atomic mass is 10.1. The minimum Gasteiger partial charge on any atom is -0.444 e. The summed E-state index contributed by atoms with van der Waals surface area (Å²) in [5, 5.41) is 4.48. The quantitative estimate of drug-likeness (QED) is 0.146. The predicted molar refractivity (Wildman–Crippen MR) is 203 cm³/mol. The number of amides is 1. The summed E-state index contributed by atoms with van der Waals surface area (Å²) in [6.07, 6.45) is 7.08. The summed E-state index contributed by atoms with van der Waals surface area (Å²) in [4.78, 5) is 38.1. The number of carbonyl (C=O) groups is 1. The summed E-state index contributed by atoms with van der Waals surface area (Å²) in [5.74, 6) is 1.64. The van der Waals surface area contributed by atoms with Crippen molar-refractivity contribution in [1.29, 1.82) is 0 Å². The zero-order chi connectivity index (χ0) is 35.8. The highest BCUT2D eigenvalue weighted by molar-refractivity contribution is 6.76. The Labute approximate surface area is 301 Å². The van der Waals surface area contributed by atoms with Crippen LogP contribution in [0.2, 0.25) is 25.7 Å². The van der Waals surface area contributed by atoms with Crippen LogP contribution in [-0.2, 0) is 20.9 Å². The molecule has 3 aromatic heterocycles. The van der Waals surface area contributed by atoms with E-state index in [-0.39, 0.29) is 18.2 Å². The maximum atomic E-state index is 12.7. The molecule has 14 heteroatoms. The number of carbonyl (C=O) groups excluding carboxylic acids is 1. The third kappa shape index (κ3) is 8.13. The Morgan fingerprint density at radius 2 is 1.65 bits per heavy atom. The smallest absolute Gasteiger partial charge is 0.410 e. The third-order valence-electron chi connectivity index (χ3n) is 9.67. The molecule has 13 nitrogen and oxygen atoms in total. The molecule has 3 aliphatic heterocycles. The molecule has 3 aliphatic rings. The van der Waals surface area contributed by atoms with E-state index in [4.69, 9.17) is 34.1 Å². The van der Waals surface area contributed by atoms with Gasteiger partial charge in [0, 0.05) is 46.5 Å². The first-order chi connectivity index (χ1) is 24.4. The Balaban J connectivity index is 1.06. The zero-order valence-electron chi connectivity index (χ0n) is 30.8. The van der Waals surface area contributed by atoms with Crippen molar-refractivity contribution in [2.45, 2.75) is 83.7 Å².